The highest BCUT2D eigenvalue weighted by atomic mass is 32.1. The Morgan fingerprint density at radius 2 is 2.64 bits per heavy atom. The van der Waals surface area contributed by atoms with E-state index in [0.29, 0.717) is 5.92 Å². The number of aliphatic hydroxyl groups is 1. The first-order chi connectivity index (χ1) is 6.75. The quantitative estimate of drug-likeness (QED) is 0.812. The second-order valence-corrected chi connectivity index (χ2v) is 4.98. The number of hydrogen-bond donors (Lipinski definition) is 1. The van der Waals surface area contributed by atoms with Gasteiger partial charge >= 0.3 is 0 Å². The summed E-state index contributed by atoms with van der Waals surface area (Å²) in [6.45, 7) is 2.14. The zero-order valence-electron chi connectivity index (χ0n) is 8.39. The molecule has 1 saturated heterocycles. The molecule has 0 amide bonds. The average Bonchev–Trinajstić information content (AvgIpc) is 2.75. The van der Waals surface area contributed by atoms with Crippen LogP contribution in [0.25, 0.3) is 0 Å². The Morgan fingerprint density at radius 3 is 3.21 bits per heavy atom. The Hall–Kier alpha value is -0.450. The summed E-state index contributed by atoms with van der Waals surface area (Å²) in [5.74, 6) is 0.446. The maximum atomic E-state index is 9.99. The van der Waals surface area contributed by atoms with Gasteiger partial charge in [-0.05, 0) is 43.5 Å². The Morgan fingerprint density at radius 1 is 1.79 bits per heavy atom. The molecule has 2 atom stereocenters. The molecule has 14 heavy (non-hydrogen) atoms. The van der Waals surface area contributed by atoms with Crippen LogP contribution in [0.1, 0.15) is 11.3 Å². The molecule has 1 aliphatic rings. The monoisotopic (exact) mass is 212 g/mol. The first kappa shape index (κ1) is 10.1. The molecule has 0 aromatic carbocycles. The van der Waals surface area contributed by atoms with Crippen molar-refractivity contribution in [2.24, 2.45) is 5.92 Å². The van der Waals surface area contributed by atoms with E-state index in [1.165, 1.54) is 16.4 Å². The van der Waals surface area contributed by atoms with Crippen molar-refractivity contribution in [1.82, 2.24) is 9.27 Å². The fourth-order valence-electron chi connectivity index (χ4n) is 2.00. The van der Waals surface area contributed by atoms with Crippen molar-refractivity contribution in [3.63, 3.8) is 0 Å². The van der Waals surface area contributed by atoms with Gasteiger partial charge in [-0.2, -0.15) is 0 Å². The summed E-state index contributed by atoms with van der Waals surface area (Å²) in [6, 6.07) is 1.99. The SMILES string of the molecule is CN1CCC(C(O)Cc2ccns2)C1. The van der Waals surface area contributed by atoms with Crippen LogP contribution in [0.4, 0.5) is 0 Å². The predicted octanol–water partition coefficient (Wildman–Crippen LogP) is 0.998. The Labute approximate surface area is 88.5 Å². The van der Waals surface area contributed by atoms with Crippen LogP contribution in [0.3, 0.4) is 0 Å². The standard InChI is InChI=1S/C10H16N2OS/c1-12-5-3-8(7-12)10(13)6-9-2-4-11-14-9/h2,4,8,10,13H,3,5-7H2,1H3. The van der Waals surface area contributed by atoms with Crippen molar-refractivity contribution in [2.45, 2.75) is 18.9 Å². The lowest BCUT2D eigenvalue weighted by atomic mass is 9.98. The van der Waals surface area contributed by atoms with Crippen molar-refractivity contribution in [3.05, 3.63) is 17.1 Å². The lowest BCUT2D eigenvalue weighted by molar-refractivity contribution is 0.113. The molecule has 1 aromatic heterocycles. The van der Waals surface area contributed by atoms with Gasteiger partial charge in [-0.15, -0.1) is 0 Å². The van der Waals surface area contributed by atoms with E-state index in [0.717, 1.165) is 25.9 Å². The molecule has 0 saturated carbocycles. The second-order valence-electron chi connectivity index (χ2n) is 4.06. The Bertz CT molecular complexity index is 276. The second kappa shape index (κ2) is 4.38. The van der Waals surface area contributed by atoms with Gasteiger partial charge in [-0.3, -0.25) is 0 Å². The number of rotatable bonds is 3. The normalized spacial score (nSPS) is 25.4. The molecular formula is C10H16N2OS. The van der Waals surface area contributed by atoms with Gasteiger partial charge in [-0.25, -0.2) is 4.37 Å². The molecule has 3 nitrogen and oxygen atoms in total. The van der Waals surface area contributed by atoms with E-state index in [1.807, 2.05) is 6.07 Å². The average molecular weight is 212 g/mol. The molecule has 78 valence electrons. The summed E-state index contributed by atoms with van der Waals surface area (Å²) < 4.78 is 4.04. The molecule has 2 unspecified atom stereocenters. The number of likely N-dealkylation sites (tertiary alicyclic amines) is 1. The van der Waals surface area contributed by atoms with E-state index in [2.05, 4.69) is 16.3 Å². The molecule has 2 rings (SSSR count). The molecule has 2 heterocycles. The topological polar surface area (TPSA) is 36.4 Å². The van der Waals surface area contributed by atoms with Crippen LogP contribution in [-0.2, 0) is 6.42 Å². The van der Waals surface area contributed by atoms with Crippen molar-refractivity contribution < 1.29 is 5.11 Å². The first-order valence-electron chi connectivity index (χ1n) is 5.02. The number of aliphatic hydroxyl groups excluding tert-OH is 1. The predicted molar refractivity (Wildman–Crippen MR) is 57.4 cm³/mol. The Balaban J connectivity index is 1.87. The highest BCUT2D eigenvalue weighted by Crippen LogP contribution is 2.21. The van der Waals surface area contributed by atoms with Gasteiger partial charge in [0.05, 0.1) is 6.10 Å². The molecule has 0 radical (unpaired) electrons. The van der Waals surface area contributed by atoms with E-state index in [4.69, 9.17) is 0 Å². The van der Waals surface area contributed by atoms with Crippen LogP contribution >= 0.6 is 11.5 Å². The smallest absolute Gasteiger partial charge is 0.0629 e. The largest absolute Gasteiger partial charge is 0.392 e. The summed E-state index contributed by atoms with van der Waals surface area (Å²) in [4.78, 5) is 3.47. The summed E-state index contributed by atoms with van der Waals surface area (Å²) in [5, 5.41) is 9.99. The van der Waals surface area contributed by atoms with Crippen LogP contribution in [0.15, 0.2) is 12.3 Å². The third kappa shape index (κ3) is 2.32. The molecule has 1 N–H and O–H groups in total. The summed E-state index contributed by atoms with van der Waals surface area (Å²) in [7, 11) is 2.11. The molecule has 0 spiro atoms. The lowest BCUT2D eigenvalue weighted by Gasteiger charge is -2.16. The maximum absolute atomic E-state index is 9.99. The van der Waals surface area contributed by atoms with E-state index in [-0.39, 0.29) is 6.10 Å². The third-order valence-electron chi connectivity index (χ3n) is 2.87. The van der Waals surface area contributed by atoms with E-state index in [9.17, 15) is 5.11 Å². The Kier molecular flexibility index (Phi) is 3.15. The zero-order valence-corrected chi connectivity index (χ0v) is 9.20. The van der Waals surface area contributed by atoms with Crippen LogP contribution in [-0.4, -0.2) is 40.6 Å². The fourth-order valence-corrected chi connectivity index (χ4v) is 2.63. The molecule has 0 aliphatic carbocycles. The number of hydrogen-bond acceptors (Lipinski definition) is 4. The van der Waals surface area contributed by atoms with Crippen molar-refractivity contribution >= 4 is 11.5 Å². The van der Waals surface area contributed by atoms with Crippen LogP contribution < -0.4 is 0 Å². The lowest BCUT2D eigenvalue weighted by Crippen LogP contribution is -2.25. The highest BCUT2D eigenvalue weighted by molar-refractivity contribution is 7.05. The van der Waals surface area contributed by atoms with Crippen molar-refractivity contribution in [3.8, 4) is 0 Å². The minimum atomic E-state index is -0.194. The minimum absolute atomic E-state index is 0.194. The molecule has 0 bridgehead atoms. The molecule has 4 heteroatoms. The fraction of sp³-hybridized carbons (Fsp3) is 0.700. The van der Waals surface area contributed by atoms with E-state index < -0.39 is 0 Å². The highest BCUT2D eigenvalue weighted by Gasteiger charge is 2.26. The van der Waals surface area contributed by atoms with Crippen LogP contribution in [0.2, 0.25) is 0 Å². The summed E-state index contributed by atoms with van der Waals surface area (Å²) in [6.07, 6.45) is 3.49. The van der Waals surface area contributed by atoms with Gasteiger partial charge in [0.2, 0.25) is 0 Å². The van der Waals surface area contributed by atoms with Crippen LogP contribution in [0, 0.1) is 5.92 Å². The molecular weight excluding hydrogens is 196 g/mol. The van der Waals surface area contributed by atoms with Crippen molar-refractivity contribution in [1.29, 1.82) is 0 Å². The van der Waals surface area contributed by atoms with Crippen molar-refractivity contribution in [2.75, 3.05) is 20.1 Å². The van der Waals surface area contributed by atoms with Gasteiger partial charge in [-0.1, -0.05) is 0 Å². The molecule has 1 aliphatic heterocycles. The van der Waals surface area contributed by atoms with Crippen LogP contribution in [0.5, 0.6) is 0 Å². The summed E-state index contributed by atoms with van der Waals surface area (Å²) >= 11 is 1.49. The number of nitrogens with zero attached hydrogens (tertiary/aromatic N) is 2. The first-order valence-corrected chi connectivity index (χ1v) is 5.79. The molecule has 1 aromatic rings. The van der Waals surface area contributed by atoms with E-state index in [1.54, 1.807) is 6.20 Å². The molecule has 1 fully saturated rings. The van der Waals surface area contributed by atoms with Gasteiger partial charge in [0.15, 0.2) is 0 Å². The van der Waals surface area contributed by atoms with Gasteiger partial charge in [0.1, 0.15) is 0 Å². The van der Waals surface area contributed by atoms with Gasteiger partial charge in [0.25, 0.3) is 0 Å². The summed E-state index contributed by atoms with van der Waals surface area (Å²) in [5.41, 5.74) is 0. The number of aromatic nitrogens is 1. The zero-order chi connectivity index (χ0) is 9.97. The minimum Gasteiger partial charge on any atom is -0.392 e. The maximum Gasteiger partial charge on any atom is 0.0629 e. The van der Waals surface area contributed by atoms with Gasteiger partial charge < -0.3 is 10.0 Å². The third-order valence-corrected chi connectivity index (χ3v) is 3.64. The van der Waals surface area contributed by atoms with Gasteiger partial charge in [0, 0.05) is 24.0 Å². The van der Waals surface area contributed by atoms with E-state index >= 15 is 0 Å².